The molecule has 182 valence electrons. The summed E-state index contributed by atoms with van der Waals surface area (Å²) in [5.41, 5.74) is 0.955. The molecule has 1 aliphatic rings. The van der Waals surface area contributed by atoms with Crippen LogP contribution in [0.15, 0.2) is 23.4 Å². The summed E-state index contributed by atoms with van der Waals surface area (Å²) < 4.78 is 8.09. The summed E-state index contributed by atoms with van der Waals surface area (Å²) in [7, 11) is 0. The van der Waals surface area contributed by atoms with Gasteiger partial charge in [0.2, 0.25) is 11.0 Å². The van der Waals surface area contributed by atoms with Crippen LogP contribution in [0.5, 0.6) is 5.75 Å². The van der Waals surface area contributed by atoms with Gasteiger partial charge >= 0.3 is 0 Å². The van der Waals surface area contributed by atoms with Gasteiger partial charge in [-0.15, -0.1) is 20.4 Å². The maximum atomic E-state index is 12.5. The van der Waals surface area contributed by atoms with Gasteiger partial charge in [-0.25, -0.2) is 0 Å². The topological polar surface area (TPSA) is 94.8 Å². The van der Waals surface area contributed by atoms with Crippen LogP contribution in [0.2, 0.25) is 5.02 Å². The van der Waals surface area contributed by atoms with E-state index in [-0.39, 0.29) is 17.8 Å². The standard InChI is InChI=1S/C23H29ClN6O2S2/c1-4-30-20(15(3)32-18-11-10-17(24)12-14(18)2)26-29-23(30)33-13-19(31)25-22-28-27-21(34-22)16-8-6-5-7-9-16/h10-12,15-16H,4-9,13H2,1-3H3,(H,25,28,31). The molecule has 0 spiro atoms. The fraction of sp³-hybridized carbons (Fsp3) is 0.522. The molecule has 1 amide bonds. The molecular formula is C23H29ClN6O2S2. The predicted octanol–water partition coefficient (Wildman–Crippen LogP) is 6.03. The number of carbonyl (C=O) groups is 1. The average molecular weight is 521 g/mol. The molecule has 1 aromatic carbocycles. The summed E-state index contributed by atoms with van der Waals surface area (Å²) in [6.07, 6.45) is 5.79. The quantitative estimate of drug-likeness (QED) is 0.344. The van der Waals surface area contributed by atoms with E-state index in [1.165, 1.54) is 42.4 Å². The van der Waals surface area contributed by atoms with E-state index >= 15 is 0 Å². The van der Waals surface area contributed by atoms with Crippen LogP contribution in [-0.4, -0.2) is 36.6 Å². The number of ether oxygens (including phenoxy) is 1. The van der Waals surface area contributed by atoms with Crippen LogP contribution in [0, 0.1) is 6.92 Å². The van der Waals surface area contributed by atoms with E-state index in [4.69, 9.17) is 16.3 Å². The minimum absolute atomic E-state index is 0.135. The molecule has 34 heavy (non-hydrogen) atoms. The maximum Gasteiger partial charge on any atom is 0.236 e. The SMILES string of the molecule is CCn1c(SCC(=O)Nc2nnc(C3CCCCC3)s2)nnc1C(C)Oc1ccc(Cl)cc1C. The fourth-order valence-electron chi connectivity index (χ4n) is 4.08. The zero-order valence-electron chi connectivity index (χ0n) is 19.6. The van der Waals surface area contributed by atoms with E-state index in [0.29, 0.717) is 33.6 Å². The molecule has 0 saturated heterocycles. The molecule has 2 aromatic heterocycles. The number of nitrogens with one attached hydrogen (secondary N) is 1. The van der Waals surface area contributed by atoms with Crippen molar-refractivity contribution in [3.05, 3.63) is 39.6 Å². The van der Waals surface area contributed by atoms with Gasteiger partial charge in [0.25, 0.3) is 0 Å². The molecule has 1 unspecified atom stereocenters. The highest BCUT2D eigenvalue weighted by Crippen LogP contribution is 2.35. The zero-order chi connectivity index (χ0) is 24.1. The Morgan fingerprint density at radius 1 is 1.26 bits per heavy atom. The Kier molecular flexibility index (Phi) is 8.44. The first-order valence-corrected chi connectivity index (χ1v) is 13.7. The number of carbonyl (C=O) groups excluding carboxylic acids is 1. The molecule has 1 fully saturated rings. The highest BCUT2D eigenvalue weighted by Gasteiger charge is 2.22. The Bertz CT molecular complexity index is 1130. The Hall–Kier alpha value is -2.17. The summed E-state index contributed by atoms with van der Waals surface area (Å²) in [6, 6.07) is 5.52. The Morgan fingerprint density at radius 3 is 2.79 bits per heavy atom. The first-order chi connectivity index (χ1) is 16.4. The predicted molar refractivity (Wildman–Crippen MR) is 136 cm³/mol. The van der Waals surface area contributed by atoms with Crippen molar-refractivity contribution in [1.82, 2.24) is 25.0 Å². The van der Waals surface area contributed by atoms with Crippen molar-refractivity contribution < 1.29 is 9.53 Å². The Morgan fingerprint density at radius 2 is 2.06 bits per heavy atom. The summed E-state index contributed by atoms with van der Waals surface area (Å²) in [5.74, 6) is 2.02. The third-order valence-electron chi connectivity index (χ3n) is 5.84. The van der Waals surface area contributed by atoms with E-state index in [0.717, 1.165) is 29.2 Å². The largest absolute Gasteiger partial charge is 0.482 e. The van der Waals surface area contributed by atoms with Crippen LogP contribution >= 0.6 is 34.7 Å². The molecule has 11 heteroatoms. The number of aromatic nitrogens is 5. The number of aryl methyl sites for hydroxylation is 1. The maximum absolute atomic E-state index is 12.5. The summed E-state index contributed by atoms with van der Waals surface area (Å²) >= 11 is 8.88. The molecule has 3 aromatic rings. The second kappa shape index (κ2) is 11.5. The second-order valence-electron chi connectivity index (χ2n) is 8.37. The first-order valence-electron chi connectivity index (χ1n) is 11.6. The summed E-state index contributed by atoms with van der Waals surface area (Å²) in [4.78, 5) is 12.5. The van der Waals surface area contributed by atoms with E-state index in [1.54, 1.807) is 6.07 Å². The van der Waals surface area contributed by atoms with Gasteiger partial charge in [0.15, 0.2) is 17.1 Å². The summed E-state index contributed by atoms with van der Waals surface area (Å²) in [6.45, 7) is 6.57. The van der Waals surface area contributed by atoms with Crippen LogP contribution in [0.25, 0.3) is 0 Å². The summed E-state index contributed by atoms with van der Waals surface area (Å²) in [5, 5.41) is 22.9. The molecule has 1 saturated carbocycles. The van der Waals surface area contributed by atoms with Gasteiger partial charge in [0.1, 0.15) is 10.8 Å². The van der Waals surface area contributed by atoms with Crippen molar-refractivity contribution in [2.24, 2.45) is 0 Å². The van der Waals surface area contributed by atoms with E-state index in [2.05, 4.69) is 25.7 Å². The monoisotopic (exact) mass is 520 g/mol. The van der Waals surface area contributed by atoms with E-state index < -0.39 is 0 Å². The minimum atomic E-state index is -0.310. The zero-order valence-corrected chi connectivity index (χ0v) is 22.0. The lowest BCUT2D eigenvalue weighted by molar-refractivity contribution is -0.113. The lowest BCUT2D eigenvalue weighted by atomic mass is 9.90. The van der Waals surface area contributed by atoms with Crippen LogP contribution < -0.4 is 10.1 Å². The smallest absolute Gasteiger partial charge is 0.236 e. The molecule has 1 atom stereocenters. The number of amides is 1. The number of halogens is 1. The van der Waals surface area contributed by atoms with Gasteiger partial charge in [-0.2, -0.15) is 0 Å². The lowest BCUT2D eigenvalue weighted by Crippen LogP contribution is -2.15. The van der Waals surface area contributed by atoms with Crippen molar-refractivity contribution >= 4 is 45.7 Å². The number of rotatable bonds is 9. The minimum Gasteiger partial charge on any atom is -0.482 e. The number of nitrogens with zero attached hydrogens (tertiary/aromatic N) is 5. The van der Waals surface area contributed by atoms with Gasteiger partial charge in [-0.1, -0.05) is 54.0 Å². The molecule has 0 aliphatic heterocycles. The number of thioether (sulfide) groups is 1. The molecule has 0 radical (unpaired) electrons. The van der Waals surface area contributed by atoms with Gasteiger partial charge in [0.05, 0.1) is 5.75 Å². The Balaban J connectivity index is 1.34. The van der Waals surface area contributed by atoms with Crippen LogP contribution in [0.1, 0.15) is 74.4 Å². The van der Waals surface area contributed by atoms with Gasteiger partial charge in [0, 0.05) is 17.5 Å². The lowest BCUT2D eigenvalue weighted by Gasteiger charge is -2.18. The van der Waals surface area contributed by atoms with Crippen molar-refractivity contribution in [3.8, 4) is 5.75 Å². The fourth-order valence-corrected chi connectivity index (χ4v) is 6.04. The number of hydrogen-bond acceptors (Lipinski definition) is 8. The molecular weight excluding hydrogens is 492 g/mol. The van der Waals surface area contributed by atoms with Crippen LogP contribution in [0.4, 0.5) is 5.13 Å². The third kappa shape index (κ3) is 6.09. The van der Waals surface area contributed by atoms with Crippen molar-refractivity contribution in [3.63, 3.8) is 0 Å². The molecule has 1 N–H and O–H groups in total. The number of anilines is 1. The normalized spacial score (nSPS) is 15.3. The third-order valence-corrected chi connectivity index (χ3v) is 8.04. The van der Waals surface area contributed by atoms with Gasteiger partial charge in [-0.05, 0) is 57.4 Å². The molecule has 2 heterocycles. The van der Waals surface area contributed by atoms with Crippen LogP contribution in [-0.2, 0) is 11.3 Å². The second-order valence-corrected chi connectivity index (χ2v) is 10.8. The van der Waals surface area contributed by atoms with Gasteiger partial charge < -0.3 is 9.30 Å². The number of benzene rings is 1. The number of hydrogen-bond donors (Lipinski definition) is 1. The van der Waals surface area contributed by atoms with Crippen molar-refractivity contribution in [2.45, 2.75) is 76.6 Å². The van der Waals surface area contributed by atoms with E-state index in [1.807, 2.05) is 37.5 Å². The Labute approximate surface area is 212 Å². The van der Waals surface area contributed by atoms with Crippen LogP contribution in [0.3, 0.4) is 0 Å². The highest BCUT2D eigenvalue weighted by molar-refractivity contribution is 7.99. The first kappa shape index (κ1) is 24.9. The molecule has 4 rings (SSSR count). The van der Waals surface area contributed by atoms with Gasteiger partial charge in [-0.3, -0.25) is 10.1 Å². The molecule has 8 nitrogen and oxygen atoms in total. The van der Waals surface area contributed by atoms with E-state index in [9.17, 15) is 4.79 Å². The highest BCUT2D eigenvalue weighted by atomic mass is 35.5. The molecule has 1 aliphatic carbocycles. The van der Waals surface area contributed by atoms with Crippen molar-refractivity contribution in [1.29, 1.82) is 0 Å². The average Bonchev–Trinajstić information content (AvgIpc) is 3.47. The molecule has 0 bridgehead atoms. The van der Waals surface area contributed by atoms with Crippen molar-refractivity contribution in [2.75, 3.05) is 11.1 Å².